The van der Waals surface area contributed by atoms with E-state index in [0.29, 0.717) is 5.15 Å². The maximum Gasteiger partial charge on any atom is 0.317 e. The summed E-state index contributed by atoms with van der Waals surface area (Å²) in [5, 5.41) is 0.324. The summed E-state index contributed by atoms with van der Waals surface area (Å²) < 4.78 is 12.6. The molecule has 6 nitrogen and oxygen atoms in total. The highest BCUT2D eigenvalue weighted by Gasteiger charge is 2.08. The van der Waals surface area contributed by atoms with Crippen molar-refractivity contribution < 1.29 is 9.47 Å². The lowest BCUT2D eigenvalue weighted by atomic mass is 10.1. The van der Waals surface area contributed by atoms with Crippen molar-refractivity contribution in [1.29, 1.82) is 0 Å². The first-order valence-electron chi connectivity index (χ1n) is 7.13. The van der Waals surface area contributed by atoms with Crippen molar-refractivity contribution >= 4 is 43.5 Å². The third kappa shape index (κ3) is 5.10. The molecule has 0 unspecified atom stereocenters. The normalized spacial score (nSPS) is 10.5. The van der Waals surface area contributed by atoms with Gasteiger partial charge in [-0.3, -0.25) is 0 Å². The molecule has 128 valence electrons. The SMILES string of the molecule is Clc1nc(OCCOc2ncc(Br)cn2)ncc1-c1ccc(Br)cc1. The van der Waals surface area contributed by atoms with Gasteiger partial charge in [-0.25, -0.2) is 15.0 Å². The van der Waals surface area contributed by atoms with E-state index in [0.717, 1.165) is 20.1 Å². The van der Waals surface area contributed by atoms with E-state index in [9.17, 15) is 0 Å². The van der Waals surface area contributed by atoms with Crippen LogP contribution >= 0.6 is 43.5 Å². The lowest BCUT2D eigenvalue weighted by Gasteiger charge is -2.08. The average molecular weight is 487 g/mol. The van der Waals surface area contributed by atoms with Crippen LogP contribution in [0.15, 0.2) is 51.8 Å². The lowest BCUT2D eigenvalue weighted by molar-refractivity contribution is 0.196. The quantitative estimate of drug-likeness (QED) is 0.376. The number of nitrogens with zero attached hydrogens (tertiary/aromatic N) is 4. The van der Waals surface area contributed by atoms with E-state index in [-0.39, 0.29) is 25.2 Å². The summed E-state index contributed by atoms with van der Waals surface area (Å²) in [5.74, 6) is 0. The standard InChI is InChI=1S/C16H11Br2ClN4O2/c17-11-3-1-10(2-4-11)13-9-22-16(23-14(13)19)25-6-5-24-15-20-7-12(18)8-21-15/h1-4,7-9H,5-6H2. The van der Waals surface area contributed by atoms with Crippen LogP contribution < -0.4 is 9.47 Å². The van der Waals surface area contributed by atoms with Gasteiger partial charge in [0, 0.05) is 28.6 Å². The first-order chi connectivity index (χ1) is 12.1. The number of halogens is 3. The minimum atomic E-state index is 0.186. The maximum absolute atomic E-state index is 6.23. The molecule has 1 aromatic carbocycles. The van der Waals surface area contributed by atoms with Crippen LogP contribution in [0.2, 0.25) is 5.15 Å². The van der Waals surface area contributed by atoms with Crippen LogP contribution in [-0.4, -0.2) is 33.1 Å². The highest BCUT2D eigenvalue weighted by molar-refractivity contribution is 9.10. The molecule has 0 radical (unpaired) electrons. The first kappa shape index (κ1) is 18.0. The Morgan fingerprint density at radius 3 is 2.04 bits per heavy atom. The summed E-state index contributed by atoms with van der Waals surface area (Å²) in [6, 6.07) is 8.18. The zero-order chi connectivity index (χ0) is 17.6. The third-order valence-electron chi connectivity index (χ3n) is 3.02. The predicted molar refractivity (Wildman–Crippen MR) is 101 cm³/mol. The highest BCUT2D eigenvalue weighted by Crippen LogP contribution is 2.27. The van der Waals surface area contributed by atoms with Gasteiger partial charge in [0.1, 0.15) is 18.4 Å². The fourth-order valence-corrected chi connectivity index (χ4v) is 2.58. The van der Waals surface area contributed by atoms with Crippen LogP contribution in [0.1, 0.15) is 0 Å². The molecule has 0 aliphatic heterocycles. The van der Waals surface area contributed by atoms with E-state index >= 15 is 0 Å². The predicted octanol–water partition coefficient (Wildman–Crippen LogP) is 4.57. The van der Waals surface area contributed by atoms with Crippen LogP contribution in [0.4, 0.5) is 0 Å². The van der Waals surface area contributed by atoms with Crippen LogP contribution in [0, 0.1) is 0 Å². The van der Waals surface area contributed by atoms with Crippen molar-refractivity contribution in [2.75, 3.05) is 13.2 Å². The van der Waals surface area contributed by atoms with Gasteiger partial charge in [0.25, 0.3) is 0 Å². The summed E-state index contributed by atoms with van der Waals surface area (Å²) in [7, 11) is 0. The molecule has 25 heavy (non-hydrogen) atoms. The summed E-state index contributed by atoms with van der Waals surface area (Å²) >= 11 is 12.9. The molecular formula is C16H11Br2ClN4O2. The fraction of sp³-hybridized carbons (Fsp3) is 0.125. The molecule has 9 heteroatoms. The highest BCUT2D eigenvalue weighted by atomic mass is 79.9. The molecule has 0 bridgehead atoms. The van der Waals surface area contributed by atoms with Gasteiger partial charge in [-0.05, 0) is 33.6 Å². The van der Waals surface area contributed by atoms with Gasteiger partial charge in [-0.15, -0.1) is 0 Å². The number of hydrogen-bond donors (Lipinski definition) is 0. The van der Waals surface area contributed by atoms with Gasteiger partial charge in [0.05, 0.1) is 4.47 Å². The van der Waals surface area contributed by atoms with Crippen molar-refractivity contribution in [3.8, 4) is 23.1 Å². The van der Waals surface area contributed by atoms with E-state index in [4.69, 9.17) is 21.1 Å². The average Bonchev–Trinajstić information content (AvgIpc) is 2.61. The van der Waals surface area contributed by atoms with Gasteiger partial charge >= 0.3 is 12.0 Å². The van der Waals surface area contributed by atoms with Crippen molar-refractivity contribution in [1.82, 2.24) is 19.9 Å². The zero-order valence-corrected chi connectivity index (χ0v) is 16.6. The summed E-state index contributed by atoms with van der Waals surface area (Å²) in [5.41, 5.74) is 1.66. The van der Waals surface area contributed by atoms with E-state index < -0.39 is 0 Å². The second kappa shape index (κ2) is 8.55. The van der Waals surface area contributed by atoms with E-state index in [1.54, 1.807) is 18.6 Å². The maximum atomic E-state index is 6.23. The molecular weight excluding hydrogens is 475 g/mol. The van der Waals surface area contributed by atoms with Crippen molar-refractivity contribution in [2.45, 2.75) is 0 Å². The number of benzene rings is 1. The Labute approximate surface area is 165 Å². The molecule has 0 aliphatic rings. The molecule has 0 saturated heterocycles. The van der Waals surface area contributed by atoms with E-state index in [2.05, 4.69) is 51.8 Å². The zero-order valence-electron chi connectivity index (χ0n) is 12.7. The Kier molecular flexibility index (Phi) is 6.17. The Morgan fingerprint density at radius 2 is 1.40 bits per heavy atom. The molecule has 3 rings (SSSR count). The van der Waals surface area contributed by atoms with Gasteiger partial charge in [-0.1, -0.05) is 39.7 Å². The Hall–Kier alpha value is -1.77. The van der Waals surface area contributed by atoms with Crippen LogP contribution in [0.5, 0.6) is 12.0 Å². The van der Waals surface area contributed by atoms with E-state index in [1.807, 2.05) is 24.3 Å². The van der Waals surface area contributed by atoms with Crippen molar-refractivity contribution in [2.24, 2.45) is 0 Å². The molecule has 0 fully saturated rings. The molecule has 2 aromatic heterocycles. The van der Waals surface area contributed by atoms with Crippen LogP contribution in [0.25, 0.3) is 11.1 Å². The monoisotopic (exact) mass is 484 g/mol. The fourth-order valence-electron chi connectivity index (χ4n) is 1.88. The molecule has 0 atom stereocenters. The molecule has 0 N–H and O–H groups in total. The summed E-state index contributed by atoms with van der Waals surface area (Å²) in [6.07, 6.45) is 4.84. The number of ether oxygens (including phenoxy) is 2. The number of hydrogen-bond acceptors (Lipinski definition) is 6. The Balaban J connectivity index is 1.55. The van der Waals surface area contributed by atoms with Crippen LogP contribution in [0.3, 0.4) is 0 Å². The van der Waals surface area contributed by atoms with Gasteiger partial charge in [0.2, 0.25) is 0 Å². The van der Waals surface area contributed by atoms with Gasteiger partial charge in [0.15, 0.2) is 0 Å². The Bertz CT molecular complexity index is 848. The summed E-state index contributed by atoms with van der Waals surface area (Å²) in [4.78, 5) is 16.3. The minimum Gasteiger partial charge on any atom is -0.460 e. The van der Waals surface area contributed by atoms with Gasteiger partial charge in [-0.2, -0.15) is 4.98 Å². The van der Waals surface area contributed by atoms with E-state index in [1.165, 1.54) is 0 Å². The third-order valence-corrected chi connectivity index (χ3v) is 4.24. The lowest BCUT2D eigenvalue weighted by Crippen LogP contribution is -2.11. The summed E-state index contributed by atoms with van der Waals surface area (Å²) in [6.45, 7) is 0.504. The van der Waals surface area contributed by atoms with Crippen LogP contribution in [-0.2, 0) is 0 Å². The van der Waals surface area contributed by atoms with Gasteiger partial charge < -0.3 is 9.47 Å². The first-order valence-corrected chi connectivity index (χ1v) is 9.10. The Morgan fingerprint density at radius 1 is 0.800 bits per heavy atom. The van der Waals surface area contributed by atoms with Crippen molar-refractivity contribution in [3.63, 3.8) is 0 Å². The molecule has 0 amide bonds. The molecule has 2 heterocycles. The smallest absolute Gasteiger partial charge is 0.317 e. The molecule has 0 spiro atoms. The molecule has 0 aliphatic carbocycles. The van der Waals surface area contributed by atoms with Crippen molar-refractivity contribution in [3.05, 3.63) is 57.0 Å². The second-order valence-corrected chi connectivity index (χ2v) is 6.93. The molecule has 3 aromatic rings. The topological polar surface area (TPSA) is 70.0 Å². The largest absolute Gasteiger partial charge is 0.460 e. The second-order valence-electron chi connectivity index (χ2n) is 4.74. The molecule has 0 saturated carbocycles. The minimum absolute atomic E-state index is 0.186. The number of aromatic nitrogens is 4. The number of rotatable bonds is 6.